The van der Waals surface area contributed by atoms with Gasteiger partial charge in [-0.05, 0) is 38.7 Å². The summed E-state index contributed by atoms with van der Waals surface area (Å²) in [7, 11) is 0. The molecule has 3 atom stereocenters. The normalized spacial score (nSPS) is 28.9. The summed E-state index contributed by atoms with van der Waals surface area (Å²) in [4.78, 5) is 15.0. The minimum atomic E-state index is -0.351. The zero-order valence-corrected chi connectivity index (χ0v) is 11.5. The summed E-state index contributed by atoms with van der Waals surface area (Å²) in [6, 6.07) is 1.90. The zero-order valence-electron chi connectivity index (χ0n) is 11.5. The second-order valence-corrected chi connectivity index (χ2v) is 5.63. The van der Waals surface area contributed by atoms with Gasteiger partial charge in [-0.15, -0.1) is 0 Å². The van der Waals surface area contributed by atoms with Crippen molar-refractivity contribution in [2.45, 2.75) is 44.8 Å². The number of aryl methyl sites for hydroxylation is 1. The summed E-state index contributed by atoms with van der Waals surface area (Å²) in [5, 5.41) is 14.5. The topological polar surface area (TPSA) is 77.3 Å². The van der Waals surface area contributed by atoms with Crippen LogP contribution in [0, 0.1) is 23.0 Å². The van der Waals surface area contributed by atoms with E-state index in [0.29, 0.717) is 23.4 Å². The quantitative estimate of drug-likeness (QED) is 0.679. The SMILES string of the molecule is Cc1ccnc(NC2CCCC3OCCC23)c1[N+](=O)[O-]. The molecule has 2 aliphatic rings. The number of rotatable bonds is 3. The number of anilines is 1. The number of hydrogen-bond acceptors (Lipinski definition) is 5. The van der Waals surface area contributed by atoms with Crippen molar-refractivity contribution >= 4 is 11.5 Å². The molecule has 108 valence electrons. The molecule has 0 radical (unpaired) electrons. The maximum Gasteiger partial charge on any atom is 0.314 e. The van der Waals surface area contributed by atoms with Crippen molar-refractivity contribution in [1.82, 2.24) is 4.98 Å². The Morgan fingerprint density at radius 3 is 3.10 bits per heavy atom. The van der Waals surface area contributed by atoms with Gasteiger partial charge in [-0.3, -0.25) is 10.1 Å². The number of nitro groups is 1. The molecule has 1 saturated heterocycles. The van der Waals surface area contributed by atoms with Gasteiger partial charge in [-0.2, -0.15) is 0 Å². The molecule has 1 saturated carbocycles. The Morgan fingerprint density at radius 1 is 1.45 bits per heavy atom. The van der Waals surface area contributed by atoms with Gasteiger partial charge in [-0.1, -0.05) is 0 Å². The van der Waals surface area contributed by atoms with Gasteiger partial charge >= 0.3 is 5.69 Å². The maximum absolute atomic E-state index is 11.2. The van der Waals surface area contributed by atoms with E-state index in [1.54, 1.807) is 19.2 Å². The Labute approximate surface area is 117 Å². The van der Waals surface area contributed by atoms with Gasteiger partial charge in [0.05, 0.1) is 11.0 Å². The smallest absolute Gasteiger partial charge is 0.314 e. The molecule has 6 nitrogen and oxygen atoms in total. The van der Waals surface area contributed by atoms with Crippen LogP contribution in [0.2, 0.25) is 0 Å². The molecule has 20 heavy (non-hydrogen) atoms. The highest BCUT2D eigenvalue weighted by atomic mass is 16.6. The summed E-state index contributed by atoms with van der Waals surface area (Å²) in [5.41, 5.74) is 0.732. The lowest BCUT2D eigenvalue weighted by Crippen LogP contribution is -2.38. The summed E-state index contributed by atoms with van der Waals surface area (Å²) in [5.74, 6) is 0.846. The van der Waals surface area contributed by atoms with E-state index in [1.165, 1.54) is 0 Å². The van der Waals surface area contributed by atoms with E-state index in [-0.39, 0.29) is 16.7 Å². The van der Waals surface area contributed by atoms with Crippen LogP contribution < -0.4 is 5.32 Å². The fraction of sp³-hybridized carbons (Fsp3) is 0.643. The molecule has 6 heteroatoms. The number of nitrogens with one attached hydrogen (secondary N) is 1. The maximum atomic E-state index is 11.2. The molecular formula is C14H19N3O3. The largest absolute Gasteiger partial charge is 0.378 e. The van der Waals surface area contributed by atoms with Crippen LogP contribution in [0.5, 0.6) is 0 Å². The lowest BCUT2D eigenvalue weighted by atomic mass is 9.82. The van der Waals surface area contributed by atoms with E-state index in [0.717, 1.165) is 32.3 Å². The Morgan fingerprint density at radius 2 is 2.30 bits per heavy atom. The molecule has 1 aromatic rings. The first-order valence-corrected chi connectivity index (χ1v) is 7.15. The predicted molar refractivity (Wildman–Crippen MR) is 74.7 cm³/mol. The third-order valence-corrected chi connectivity index (χ3v) is 4.41. The third-order valence-electron chi connectivity index (χ3n) is 4.41. The molecule has 2 heterocycles. The first-order chi connectivity index (χ1) is 9.66. The molecule has 3 rings (SSSR count). The molecule has 0 aromatic carbocycles. The van der Waals surface area contributed by atoms with Gasteiger partial charge in [0.1, 0.15) is 0 Å². The van der Waals surface area contributed by atoms with Gasteiger partial charge in [0.2, 0.25) is 5.82 Å². The van der Waals surface area contributed by atoms with Crippen LogP contribution in [-0.2, 0) is 4.74 Å². The van der Waals surface area contributed by atoms with E-state index < -0.39 is 0 Å². The van der Waals surface area contributed by atoms with Gasteiger partial charge in [0.15, 0.2) is 0 Å². The number of aromatic nitrogens is 1. The van der Waals surface area contributed by atoms with Gasteiger partial charge in [0, 0.05) is 30.3 Å². The number of ether oxygens (including phenoxy) is 1. The minimum Gasteiger partial charge on any atom is -0.378 e. The zero-order chi connectivity index (χ0) is 14.1. The molecule has 0 amide bonds. The molecule has 1 N–H and O–H groups in total. The lowest BCUT2D eigenvalue weighted by molar-refractivity contribution is -0.384. The summed E-state index contributed by atoms with van der Waals surface area (Å²) >= 11 is 0. The average molecular weight is 277 g/mol. The first kappa shape index (κ1) is 13.3. The van der Waals surface area contributed by atoms with Crippen molar-refractivity contribution in [2.24, 2.45) is 5.92 Å². The van der Waals surface area contributed by atoms with Crippen LogP contribution >= 0.6 is 0 Å². The van der Waals surface area contributed by atoms with Crippen LogP contribution in [0.25, 0.3) is 0 Å². The van der Waals surface area contributed by atoms with Crippen LogP contribution in [0.15, 0.2) is 12.3 Å². The molecule has 1 aliphatic carbocycles. The van der Waals surface area contributed by atoms with Gasteiger partial charge in [-0.25, -0.2) is 4.98 Å². The van der Waals surface area contributed by atoms with Gasteiger partial charge in [0.25, 0.3) is 0 Å². The van der Waals surface area contributed by atoms with Crippen LogP contribution in [0.4, 0.5) is 11.5 Å². The fourth-order valence-electron chi connectivity index (χ4n) is 3.42. The van der Waals surface area contributed by atoms with E-state index >= 15 is 0 Å². The van der Waals surface area contributed by atoms with Crippen LogP contribution in [0.3, 0.4) is 0 Å². The summed E-state index contributed by atoms with van der Waals surface area (Å²) in [6.07, 6.45) is 6.19. The van der Waals surface area contributed by atoms with Crippen molar-refractivity contribution in [1.29, 1.82) is 0 Å². The van der Waals surface area contributed by atoms with Crippen molar-refractivity contribution in [3.63, 3.8) is 0 Å². The standard InChI is InChI=1S/C14H19N3O3/c1-9-5-7-15-14(13(9)17(18)19)16-11-3-2-4-12-10(11)6-8-20-12/h5,7,10-12H,2-4,6,8H2,1H3,(H,15,16). The van der Waals surface area contributed by atoms with E-state index in [2.05, 4.69) is 10.3 Å². The predicted octanol–water partition coefficient (Wildman–Crippen LogP) is 2.67. The van der Waals surface area contributed by atoms with Crippen molar-refractivity contribution in [3.8, 4) is 0 Å². The lowest BCUT2D eigenvalue weighted by Gasteiger charge is -2.33. The van der Waals surface area contributed by atoms with Gasteiger partial charge < -0.3 is 10.1 Å². The van der Waals surface area contributed by atoms with E-state index in [4.69, 9.17) is 4.74 Å². The highest BCUT2D eigenvalue weighted by Gasteiger charge is 2.38. The molecular weight excluding hydrogens is 258 g/mol. The molecule has 0 spiro atoms. The third kappa shape index (κ3) is 2.35. The van der Waals surface area contributed by atoms with E-state index in [9.17, 15) is 10.1 Å². The summed E-state index contributed by atoms with van der Waals surface area (Å²) < 4.78 is 5.73. The fourth-order valence-corrected chi connectivity index (χ4v) is 3.42. The minimum absolute atomic E-state index is 0.0912. The number of pyridine rings is 1. The Balaban J connectivity index is 1.84. The highest BCUT2D eigenvalue weighted by Crippen LogP contribution is 2.37. The number of fused-ring (bicyclic) bond motifs is 1. The Hall–Kier alpha value is -1.69. The van der Waals surface area contributed by atoms with Crippen LogP contribution in [0.1, 0.15) is 31.2 Å². The number of nitrogens with zero attached hydrogens (tertiary/aromatic N) is 2. The molecule has 0 bridgehead atoms. The average Bonchev–Trinajstić information content (AvgIpc) is 2.87. The van der Waals surface area contributed by atoms with Crippen molar-refractivity contribution < 1.29 is 9.66 Å². The second kappa shape index (κ2) is 5.36. The first-order valence-electron chi connectivity index (χ1n) is 7.15. The molecule has 2 fully saturated rings. The van der Waals surface area contributed by atoms with Crippen molar-refractivity contribution in [3.05, 3.63) is 27.9 Å². The second-order valence-electron chi connectivity index (χ2n) is 5.63. The van der Waals surface area contributed by atoms with E-state index in [1.807, 2.05) is 0 Å². The Bertz CT molecular complexity index is 520. The summed E-state index contributed by atoms with van der Waals surface area (Å²) in [6.45, 7) is 2.55. The van der Waals surface area contributed by atoms with Crippen LogP contribution in [-0.4, -0.2) is 28.7 Å². The van der Waals surface area contributed by atoms with Crippen molar-refractivity contribution in [2.75, 3.05) is 11.9 Å². The number of hydrogen-bond donors (Lipinski definition) is 1. The molecule has 1 aliphatic heterocycles. The highest BCUT2D eigenvalue weighted by molar-refractivity contribution is 5.60. The molecule has 1 aromatic heterocycles. The molecule has 3 unspecified atom stereocenters. The monoisotopic (exact) mass is 277 g/mol. The Kier molecular flexibility index (Phi) is 3.56.